The number of carbonyl (C=O) groups excluding carboxylic acids is 2. The van der Waals surface area contributed by atoms with Crippen LogP contribution in [0, 0.1) is 6.92 Å². The predicted molar refractivity (Wildman–Crippen MR) is 126 cm³/mol. The quantitative estimate of drug-likeness (QED) is 0.604. The molecule has 0 atom stereocenters. The van der Waals surface area contributed by atoms with Crippen molar-refractivity contribution in [3.63, 3.8) is 0 Å². The van der Waals surface area contributed by atoms with Crippen molar-refractivity contribution >= 4 is 11.8 Å². The second-order valence-corrected chi connectivity index (χ2v) is 8.45. The molecule has 1 fully saturated rings. The van der Waals surface area contributed by atoms with Gasteiger partial charge in [0.2, 0.25) is 5.91 Å². The molecule has 1 aromatic heterocycles. The van der Waals surface area contributed by atoms with Crippen molar-refractivity contribution in [3.8, 4) is 5.69 Å². The average Bonchev–Trinajstić information content (AvgIpc) is 3.34. The second kappa shape index (κ2) is 9.83. The summed E-state index contributed by atoms with van der Waals surface area (Å²) >= 11 is 0. The van der Waals surface area contributed by atoms with Crippen LogP contribution < -0.4 is 0 Å². The molecule has 0 spiro atoms. The summed E-state index contributed by atoms with van der Waals surface area (Å²) in [5.41, 5.74) is 4.07. The Balaban J connectivity index is 1.29. The van der Waals surface area contributed by atoms with Crippen molar-refractivity contribution in [3.05, 3.63) is 89.7 Å². The van der Waals surface area contributed by atoms with Gasteiger partial charge in [0.25, 0.3) is 5.91 Å². The maximum Gasteiger partial charge on any atom is 0.254 e. The summed E-state index contributed by atoms with van der Waals surface area (Å²) in [4.78, 5) is 31.5. The number of benzene rings is 2. The Morgan fingerprint density at radius 1 is 0.906 bits per heavy atom. The Morgan fingerprint density at radius 3 is 2.34 bits per heavy atom. The van der Waals surface area contributed by atoms with Gasteiger partial charge in [0.05, 0.1) is 6.54 Å². The van der Waals surface area contributed by atoms with Gasteiger partial charge in [-0.25, -0.2) is 0 Å². The van der Waals surface area contributed by atoms with E-state index < -0.39 is 0 Å². The van der Waals surface area contributed by atoms with Crippen molar-refractivity contribution in [2.45, 2.75) is 13.5 Å². The smallest absolute Gasteiger partial charge is 0.254 e. The molecule has 0 N–H and O–H groups in total. The Morgan fingerprint density at radius 2 is 1.62 bits per heavy atom. The number of hydrogen-bond donors (Lipinski definition) is 0. The monoisotopic (exact) mass is 430 g/mol. The van der Waals surface area contributed by atoms with Crippen LogP contribution in [0.25, 0.3) is 5.69 Å². The van der Waals surface area contributed by atoms with Gasteiger partial charge < -0.3 is 14.4 Å². The van der Waals surface area contributed by atoms with Gasteiger partial charge in [0.15, 0.2) is 0 Å². The summed E-state index contributed by atoms with van der Waals surface area (Å²) < 4.78 is 1.96. The van der Waals surface area contributed by atoms with Crippen molar-refractivity contribution in [1.29, 1.82) is 0 Å². The van der Waals surface area contributed by atoms with Crippen LogP contribution in [-0.2, 0) is 11.3 Å². The van der Waals surface area contributed by atoms with Crippen molar-refractivity contribution in [1.82, 2.24) is 19.3 Å². The molecule has 32 heavy (non-hydrogen) atoms. The molecule has 0 radical (unpaired) electrons. The maximum atomic E-state index is 12.9. The number of amides is 2. The standard InChI is InChI=1S/C26H30N4O2/c1-21-7-5-8-22(17-21)19-28-13-15-30(16-14-28)25(31)20-27(2)26(32)23-9-6-10-24(18-23)29-11-3-4-12-29/h3-12,17-18H,13-16,19-20H2,1-2H3. The summed E-state index contributed by atoms with van der Waals surface area (Å²) in [5, 5.41) is 0. The van der Waals surface area contributed by atoms with E-state index in [4.69, 9.17) is 0 Å². The van der Waals surface area contributed by atoms with E-state index in [9.17, 15) is 9.59 Å². The van der Waals surface area contributed by atoms with E-state index >= 15 is 0 Å². The first-order chi connectivity index (χ1) is 15.5. The third kappa shape index (κ3) is 5.26. The van der Waals surface area contributed by atoms with Crippen LogP contribution in [0.4, 0.5) is 0 Å². The number of nitrogens with zero attached hydrogens (tertiary/aromatic N) is 4. The zero-order valence-electron chi connectivity index (χ0n) is 18.8. The third-order valence-electron chi connectivity index (χ3n) is 5.93. The van der Waals surface area contributed by atoms with Crippen LogP contribution in [0.1, 0.15) is 21.5 Å². The highest BCUT2D eigenvalue weighted by atomic mass is 16.2. The third-order valence-corrected chi connectivity index (χ3v) is 5.93. The van der Waals surface area contributed by atoms with E-state index in [1.165, 1.54) is 16.0 Å². The molecule has 0 bridgehead atoms. The van der Waals surface area contributed by atoms with E-state index in [1.807, 2.05) is 52.2 Å². The fraction of sp³-hybridized carbons (Fsp3) is 0.308. The summed E-state index contributed by atoms with van der Waals surface area (Å²) in [6, 6.07) is 19.9. The van der Waals surface area contributed by atoms with Crippen LogP contribution in [0.15, 0.2) is 73.1 Å². The average molecular weight is 431 g/mol. The van der Waals surface area contributed by atoms with Crippen LogP contribution in [0.5, 0.6) is 0 Å². The number of hydrogen-bond acceptors (Lipinski definition) is 3. The molecule has 6 nitrogen and oxygen atoms in total. The van der Waals surface area contributed by atoms with Gasteiger partial charge >= 0.3 is 0 Å². The van der Waals surface area contributed by atoms with E-state index in [0.717, 1.165) is 25.3 Å². The minimum Gasteiger partial charge on any atom is -0.339 e. The van der Waals surface area contributed by atoms with Crippen molar-refractivity contribution in [2.24, 2.45) is 0 Å². The summed E-state index contributed by atoms with van der Waals surface area (Å²) in [6.45, 7) is 6.16. The first-order valence-corrected chi connectivity index (χ1v) is 11.0. The molecular weight excluding hydrogens is 400 g/mol. The molecule has 0 aliphatic carbocycles. The molecule has 3 aromatic rings. The fourth-order valence-corrected chi connectivity index (χ4v) is 4.13. The first-order valence-electron chi connectivity index (χ1n) is 11.0. The molecule has 1 aliphatic rings. The second-order valence-electron chi connectivity index (χ2n) is 8.45. The normalized spacial score (nSPS) is 14.4. The van der Waals surface area contributed by atoms with Crippen molar-refractivity contribution in [2.75, 3.05) is 39.8 Å². The summed E-state index contributed by atoms with van der Waals surface area (Å²) in [6.07, 6.45) is 3.88. The lowest BCUT2D eigenvalue weighted by Crippen LogP contribution is -2.51. The number of aryl methyl sites for hydroxylation is 1. The molecular formula is C26H30N4O2. The van der Waals surface area contributed by atoms with Crippen LogP contribution in [0.2, 0.25) is 0 Å². The van der Waals surface area contributed by atoms with E-state index in [0.29, 0.717) is 18.7 Å². The lowest BCUT2D eigenvalue weighted by Gasteiger charge is -2.35. The Labute approximate surface area is 189 Å². The summed E-state index contributed by atoms with van der Waals surface area (Å²) in [5.74, 6) is -0.150. The highest BCUT2D eigenvalue weighted by Gasteiger charge is 2.24. The van der Waals surface area contributed by atoms with Crippen LogP contribution in [0.3, 0.4) is 0 Å². The number of aromatic nitrogens is 1. The minimum atomic E-state index is -0.148. The highest BCUT2D eigenvalue weighted by molar-refractivity contribution is 5.96. The molecule has 2 aromatic carbocycles. The molecule has 4 rings (SSSR count). The SMILES string of the molecule is Cc1cccc(CN2CCN(C(=O)CN(C)C(=O)c3cccc(-n4cccc4)c3)CC2)c1. The van der Waals surface area contributed by atoms with Gasteiger partial charge in [-0.1, -0.05) is 35.9 Å². The van der Waals surface area contributed by atoms with Gasteiger partial charge in [0, 0.05) is 63.4 Å². The Kier molecular flexibility index (Phi) is 6.71. The van der Waals surface area contributed by atoms with Gasteiger partial charge in [-0.15, -0.1) is 0 Å². The number of carbonyl (C=O) groups is 2. The number of rotatable bonds is 6. The lowest BCUT2D eigenvalue weighted by atomic mass is 10.1. The first kappa shape index (κ1) is 21.8. The van der Waals surface area contributed by atoms with Crippen LogP contribution >= 0.6 is 0 Å². The molecule has 6 heteroatoms. The van der Waals surface area contributed by atoms with Gasteiger partial charge in [-0.3, -0.25) is 14.5 Å². The van der Waals surface area contributed by atoms with E-state index in [1.54, 1.807) is 13.1 Å². The topological polar surface area (TPSA) is 48.8 Å². The molecule has 0 saturated carbocycles. The zero-order chi connectivity index (χ0) is 22.5. The van der Waals surface area contributed by atoms with Gasteiger partial charge in [-0.05, 0) is 42.8 Å². The largest absolute Gasteiger partial charge is 0.339 e. The van der Waals surface area contributed by atoms with Gasteiger partial charge in [-0.2, -0.15) is 0 Å². The minimum absolute atomic E-state index is 0.00220. The molecule has 1 aliphatic heterocycles. The number of piperazine rings is 1. The van der Waals surface area contributed by atoms with E-state index in [2.05, 4.69) is 36.1 Å². The zero-order valence-corrected chi connectivity index (χ0v) is 18.8. The Hall–Kier alpha value is -3.38. The molecule has 166 valence electrons. The lowest BCUT2D eigenvalue weighted by molar-refractivity contribution is -0.133. The molecule has 1 saturated heterocycles. The van der Waals surface area contributed by atoms with Crippen LogP contribution in [-0.4, -0.2) is 70.9 Å². The Bertz CT molecular complexity index is 1070. The molecule has 2 amide bonds. The maximum absolute atomic E-state index is 12.9. The van der Waals surface area contributed by atoms with Crippen molar-refractivity contribution < 1.29 is 9.59 Å². The summed E-state index contributed by atoms with van der Waals surface area (Å²) in [7, 11) is 1.69. The fourth-order valence-electron chi connectivity index (χ4n) is 4.13. The molecule has 0 unspecified atom stereocenters. The molecule has 2 heterocycles. The number of likely N-dealkylation sites (N-methyl/N-ethyl adjacent to an activating group) is 1. The van der Waals surface area contributed by atoms with E-state index in [-0.39, 0.29) is 18.4 Å². The highest BCUT2D eigenvalue weighted by Crippen LogP contribution is 2.14. The predicted octanol–water partition coefficient (Wildman–Crippen LogP) is 3.20. The van der Waals surface area contributed by atoms with Gasteiger partial charge in [0.1, 0.15) is 0 Å².